The first-order valence-corrected chi connectivity index (χ1v) is 14.3. The van der Waals surface area contributed by atoms with Gasteiger partial charge in [-0.2, -0.15) is 0 Å². The largest absolute Gasteiger partial charge is 0.497 e. The van der Waals surface area contributed by atoms with E-state index in [0.717, 1.165) is 16.7 Å². The van der Waals surface area contributed by atoms with E-state index in [1.807, 2.05) is 78.9 Å². The van der Waals surface area contributed by atoms with Crippen LogP contribution in [0, 0.1) is 0 Å². The van der Waals surface area contributed by atoms with E-state index in [1.54, 1.807) is 32.4 Å². The molecule has 0 bridgehead atoms. The van der Waals surface area contributed by atoms with Crippen molar-refractivity contribution in [3.8, 4) is 11.5 Å². The fraction of sp³-hybridized carbons (Fsp3) is 0.219. The van der Waals surface area contributed by atoms with Crippen LogP contribution < -0.4 is 24.4 Å². The molecule has 1 aliphatic heterocycles. The van der Waals surface area contributed by atoms with Crippen molar-refractivity contribution in [3.05, 3.63) is 125 Å². The van der Waals surface area contributed by atoms with E-state index in [2.05, 4.69) is 4.99 Å². The number of thiazole rings is 1. The first-order valence-electron chi connectivity index (χ1n) is 13.1. The highest BCUT2D eigenvalue weighted by Crippen LogP contribution is 2.32. The Balaban J connectivity index is 1.49. The smallest absolute Gasteiger partial charge is 0.338 e. The second-order valence-corrected chi connectivity index (χ2v) is 11.2. The summed E-state index contributed by atoms with van der Waals surface area (Å²) in [6, 6.07) is 21.7. The van der Waals surface area contributed by atoms with Gasteiger partial charge < -0.3 is 14.2 Å². The molecule has 0 radical (unpaired) electrons. The highest BCUT2D eigenvalue weighted by Gasteiger charge is 2.33. The Labute approximate surface area is 246 Å². The number of aromatic nitrogens is 1. The molecule has 1 atom stereocenters. The lowest BCUT2D eigenvalue weighted by Crippen LogP contribution is -2.40. The average molecular weight is 589 g/mol. The Morgan fingerprint density at radius 1 is 1.02 bits per heavy atom. The Hall–Kier alpha value is -4.14. The van der Waals surface area contributed by atoms with Gasteiger partial charge in [-0.25, -0.2) is 9.79 Å². The predicted octanol–water partition coefficient (Wildman–Crippen LogP) is 5.43. The minimum Gasteiger partial charge on any atom is -0.497 e. The third-order valence-electron chi connectivity index (χ3n) is 6.51. The summed E-state index contributed by atoms with van der Waals surface area (Å²) in [6.07, 6.45) is 1.51. The van der Waals surface area contributed by atoms with Gasteiger partial charge in [-0.1, -0.05) is 59.3 Å². The lowest BCUT2D eigenvalue weighted by molar-refractivity contribution is -0.143. The van der Waals surface area contributed by atoms with Gasteiger partial charge in [0, 0.05) is 5.02 Å². The summed E-state index contributed by atoms with van der Waals surface area (Å²) in [4.78, 5) is 32.2. The molecule has 1 aromatic heterocycles. The summed E-state index contributed by atoms with van der Waals surface area (Å²) in [6.45, 7) is 5.77. The Bertz CT molecular complexity index is 1770. The van der Waals surface area contributed by atoms with E-state index in [-0.39, 0.29) is 11.7 Å². The summed E-state index contributed by atoms with van der Waals surface area (Å²) in [5.41, 5.74) is 3.23. The van der Waals surface area contributed by atoms with Gasteiger partial charge in [0.25, 0.3) is 5.56 Å². The molecule has 0 fully saturated rings. The van der Waals surface area contributed by atoms with Gasteiger partial charge in [-0.05, 0) is 79.9 Å². The van der Waals surface area contributed by atoms with Crippen molar-refractivity contribution in [1.29, 1.82) is 0 Å². The van der Waals surface area contributed by atoms with Crippen molar-refractivity contribution in [2.45, 2.75) is 39.5 Å². The number of carbonyl (C=O) groups is 1. The minimum atomic E-state index is -0.686. The molecule has 7 nitrogen and oxygen atoms in total. The second-order valence-electron chi connectivity index (χ2n) is 9.79. The lowest BCUT2D eigenvalue weighted by atomic mass is 9.96. The van der Waals surface area contributed by atoms with Gasteiger partial charge >= 0.3 is 5.97 Å². The molecule has 0 spiro atoms. The minimum absolute atomic E-state index is 0.236. The van der Waals surface area contributed by atoms with Crippen LogP contribution in [0.5, 0.6) is 11.5 Å². The number of hydrogen-bond acceptors (Lipinski definition) is 7. The van der Waals surface area contributed by atoms with E-state index in [1.165, 1.54) is 11.3 Å². The molecule has 0 saturated carbocycles. The molecule has 1 unspecified atom stereocenters. The Kier molecular flexibility index (Phi) is 8.42. The molecule has 1 aliphatic rings. The Morgan fingerprint density at radius 3 is 2.32 bits per heavy atom. The van der Waals surface area contributed by atoms with Crippen molar-refractivity contribution in [3.63, 3.8) is 0 Å². The molecule has 41 heavy (non-hydrogen) atoms. The van der Waals surface area contributed by atoms with Gasteiger partial charge in [0.2, 0.25) is 0 Å². The van der Waals surface area contributed by atoms with E-state index >= 15 is 0 Å². The number of benzene rings is 3. The van der Waals surface area contributed by atoms with Gasteiger partial charge in [0.15, 0.2) is 4.80 Å². The maximum atomic E-state index is 13.8. The monoisotopic (exact) mass is 588 g/mol. The fourth-order valence-corrected chi connectivity index (χ4v) is 5.69. The number of carbonyl (C=O) groups excluding carboxylic acids is 1. The molecular weight excluding hydrogens is 560 g/mol. The van der Waals surface area contributed by atoms with Crippen molar-refractivity contribution in [1.82, 2.24) is 4.57 Å². The van der Waals surface area contributed by atoms with Crippen molar-refractivity contribution in [2.75, 3.05) is 7.11 Å². The number of rotatable bonds is 8. The maximum Gasteiger partial charge on any atom is 0.338 e. The van der Waals surface area contributed by atoms with E-state index in [9.17, 15) is 9.59 Å². The van der Waals surface area contributed by atoms with Crippen LogP contribution in [-0.2, 0) is 16.1 Å². The molecular formula is C32H29ClN2O5S. The summed E-state index contributed by atoms with van der Waals surface area (Å²) in [5.74, 6) is 0.890. The normalized spacial score (nSPS) is 15.0. The first kappa shape index (κ1) is 28.4. The van der Waals surface area contributed by atoms with Crippen LogP contribution in [0.1, 0.15) is 43.5 Å². The first-order chi connectivity index (χ1) is 19.7. The fourth-order valence-electron chi connectivity index (χ4n) is 4.52. The highest BCUT2D eigenvalue weighted by molar-refractivity contribution is 7.07. The molecule has 210 valence electrons. The van der Waals surface area contributed by atoms with E-state index in [4.69, 9.17) is 25.8 Å². The zero-order valence-corrected chi connectivity index (χ0v) is 24.7. The molecule has 4 aromatic rings. The van der Waals surface area contributed by atoms with Gasteiger partial charge in [-0.15, -0.1) is 0 Å². The van der Waals surface area contributed by atoms with Crippen LogP contribution >= 0.6 is 22.9 Å². The third-order valence-corrected chi connectivity index (χ3v) is 7.75. The van der Waals surface area contributed by atoms with Crippen molar-refractivity contribution < 1.29 is 19.0 Å². The maximum absolute atomic E-state index is 13.8. The van der Waals surface area contributed by atoms with Crippen LogP contribution in [0.2, 0.25) is 5.02 Å². The number of ether oxygens (including phenoxy) is 3. The molecule has 9 heteroatoms. The number of hydrogen-bond donors (Lipinski definition) is 0. The predicted molar refractivity (Wildman–Crippen MR) is 160 cm³/mol. The zero-order valence-electron chi connectivity index (χ0n) is 23.1. The molecule has 0 amide bonds. The quantitative estimate of drug-likeness (QED) is 0.257. The van der Waals surface area contributed by atoms with Gasteiger partial charge in [0.1, 0.15) is 18.1 Å². The van der Waals surface area contributed by atoms with E-state index in [0.29, 0.717) is 43.7 Å². The van der Waals surface area contributed by atoms with Crippen molar-refractivity contribution >= 4 is 35.0 Å². The van der Waals surface area contributed by atoms with Crippen molar-refractivity contribution in [2.24, 2.45) is 4.99 Å². The highest BCUT2D eigenvalue weighted by atomic mass is 35.5. The summed E-state index contributed by atoms with van der Waals surface area (Å²) in [7, 11) is 1.59. The third kappa shape index (κ3) is 6.29. The number of nitrogens with zero attached hydrogens (tertiary/aromatic N) is 2. The van der Waals surface area contributed by atoms with Crippen LogP contribution in [0.15, 0.2) is 93.9 Å². The van der Waals surface area contributed by atoms with Crippen LogP contribution in [0.3, 0.4) is 0 Å². The number of halogens is 1. The SMILES string of the molecule is COc1ccc(C2C(C(=O)OC(C)C)=C(C)N=c3s/c(=C\c4ccc(OCc5ccc(Cl)cc5)cc4)c(=O)n32)cc1. The molecule has 0 saturated heterocycles. The summed E-state index contributed by atoms with van der Waals surface area (Å²) < 4.78 is 18.8. The van der Waals surface area contributed by atoms with E-state index < -0.39 is 12.0 Å². The molecule has 0 N–H and O–H groups in total. The molecule has 2 heterocycles. The number of esters is 1. The van der Waals surface area contributed by atoms with Crippen LogP contribution in [0.4, 0.5) is 0 Å². The zero-order chi connectivity index (χ0) is 29.1. The molecule has 5 rings (SSSR count). The van der Waals surface area contributed by atoms with Gasteiger partial charge in [-0.3, -0.25) is 9.36 Å². The number of allylic oxidation sites excluding steroid dienone is 1. The number of fused-ring (bicyclic) bond motifs is 1. The average Bonchev–Trinajstić information content (AvgIpc) is 3.26. The molecule has 3 aromatic carbocycles. The lowest BCUT2D eigenvalue weighted by Gasteiger charge is -2.25. The Morgan fingerprint density at radius 2 is 1.68 bits per heavy atom. The summed E-state index contributed by atoms with van der Waals surface area (Å²) in [5, 5.41) is 0.681. The topological polar surface area (TPSA) is 79.1 Å². The summed E-state index contributed by atoms with van der Waals surface area (Å²) >= 11 is 7.24. The molecule has 0 aliphatic carbocycles. The standard InChI is InChI=1S/C32H29ClN2O5S/c1-19(2)40-31(37)28-20(3)34-32-35(29(28)23-9-15-25(38-4)16-10-23)30(36)27(41-32)17-21-7-13-26(14-8-21)39-18-22-5-11-24(33)12-6-22/h5-17,19,29H,18H2,1-4H3/b27-17-. The van der Waals surface area contributed by atoms with Crippen LogP contribution in [-0.4, -0.2) is 23.8 Å². The number of methoxy groups -OCH3 is 1. The van der Waals surface area contributed by atoms with Crippen LogP contribution in [0.25, 0.3) is 6.08 Å². The van der Waals surface area contributed by atoms with Gasteiger partial charge in [0.05, 0.1) is 35.1 Å². The second kappa shape index (κ2) is 12.2.